The highest BCUT2D eigenvalue weighted by molar-refractivity contribution is 6.44. The topological polar surface area (TPSA) is 44.8 Å². The highest BCUT2D eigenvalue weighted by Gasteiger charge is 2.49. The standard InChI is InChI=1S/C12H12Cl2O4/c1-3-16-12(17-4-2)7-5-6-8(13)10(14)9(7)11(15)18-12/h5-6H,3-4H2,1-2H3. The molecule has 1 heterocycles. The maximum Gasteiger partial charge on any atom is 0.359 e. The van der Waals surface area contributed by atoms with E-state index in [9.17, 15) is 4.79 Å². The number of cyclic esters (lactones) is 1. The van der Waals surface area contributed by atoms with Gasteiger partial charge in [-0.2, -0.15) is 0 Å². The third-order valence-corrected chi connectivity index (χ3v) is 3.33. The quantitative estimate of drug-likeness (QED) is 0.630. The van der Waals surface area contributed by atoms with Crippen LogP contribution in [0.2, 0.25) is 10.0 Å². The van der Waals surface area contributed by atoms with Crippen LogP contribution in [0.1, 0.15) is 29.8 Å². The van der Waals surface area contributed by atoms with Crippen molar-refractivity contribution < 1.29 is 19.0 Å². The summed E-state index contributed by atoms with van der Waals surface area (Å²) in [7, 11) is 0. The Morgan fingerprint density at radius 3 is 2.39 bits per heavy atom. The van der Waals surface area contributed by atoms with Gasteiger partial charge in [0.2, 0.25) is 0 Å². The zero-order chi connectivity index (χ0) is 13.3. The molecule has 0 radical (unpaired) electrons. The van der Waals surface area contributed by atoms with E-state index in [-0.39, 0.29) is 15.6 Å². The van der Waals surface area contributed by atoms with Crippen molar-refractivity contribution >= 4 is 29.2 Å². The Labute approximate surface area is 115 Å². The fourth-order valence-corrected chi connectivity index (χ4v) is 2.27. The number of fused-ring (bicyclic) bond motifs is 1. The van der Waals surface area contributed by atoms with Crippen molar-refractivity contribution in [3.05, 3.63) is 33.3 Å². The highest BCUT2D eigenvalue weighted by atomic mass is 35.5. The van der Waals surface area contributed by atoms with Gasteiger partial charge >= 0.3 is 11.9 Å². The van der Waals surface area contributed by atoms with E-state index < -0.39 is 11.9 Å². The third-order valence-electron chi connectivity index (χ3n) is 2.52. The lowest BCUT2D eigenvalue weighted by atomic mass is 10.1. The molecule has 0 fully saturated rings. The van der Waals surface area contributed by atoms with Gasteiger partial charge in [0.1, 0.15) is 0 Å². The predicted octanol–water partition coefficient (Wildman–Crippen LogP) is 3.35. The minimum atomic E-state index is -1.51. The first-order valence-corrected chi connectivity index (χ1v) is 6.31. The highest BCUT2D eigenvalue weighted by Crippen LogP contribution is 2.43. The average Bonchev–Trinajstić information content (AvgIpc) is 2.58. The molecule has 0 aromatic heterocycles. The van der Waals surface area contributed by atoms with E-state index in [1.807, 2.05) is 0 Å². The maximum atomic E-state index is 11.9. The molecule has 6 heteroatoms. The Hall–Kier alpha value is -0.810. The first kappa shape index (κ1) is 13.6. The van der Waals surface area contributed by atoms with Crippen molar-refractivity contribution in [2.24, 2.45) is 0 Å². The van der Waals surface area contributed by atoms with Crippen molar-refractivity contribution in [2.45, 2.75) is 19.8 Å². The number of hydrogen-bond acceptors (Lipinski definition) is 4. The normalized spacial score (nSPS) is 16.6. The summed E-state index contributed by atoms with van der Waals surface area (Å²) >= 11 is 11.9. The van der Waals surface area contributed by atoms with Gasteiger partial charge in [0.25, 0.3) is 0 Å². The van der Waals surface area contributed by atoms with Gasteiger partial charge in [-0.25, -0.2) is 4.79 Å². The van der Waals surface area contributed by atoms with Gasteiger partial charge in [0, 0.05) is 0 Å². The molecule has 1 aromatic rings. The van der Waals surface area contributed by atoms with Crippen LogP contribution in [-0.2, 0) is 20.2 Å². The SMILES string of the molecule is CCOC1(OCC)OC(=O)c2c1ccc(Cl)c2Cl. The summed E-state index contributed by atoms with van der Waals surface area (Å²) in [6.07, 6.45) is 0. The molecule has 0 unspecified atom stereocenters. The van der Waals surface area contributed by atoms with Crippen LogP contribution < -0.4 is 0 Å². The molecule has 0 aliphatic carbocycles. The van der Waals surface area contributed by atoms with Gasteiger partial charge in [-0.05, 0) is 26.0 Å². The molecule has 1 aliphatic heterocycles. The van der Waals surface area contributed by atoms with Crippen LogP contribution in [0.5, 0.6) is 0 Å². The molecule has 0 spiro atoms. The summed E-state index contributed by atoms with van der Waals surface area (Å²) in [6.45, 7) is 4.22. The average molecular weight is 291 g/mol. The molecule has 0 saturated carbocycles. The third kappa shape index (κ3) is 1.99. The van der Waals surface area contributed by atoms with Crippen molar-refractivity contribution in [2.75, 3.05) is 13.2 Å². The van der Waals surface area contributed by atoms with E-state index in [0.29, 0.717) is 18.8 Å². The second-order valence-corrected chi connectivity index (χ2v) is 4.38. The summed E-state index contributed by atoms with van der Waals surface area (Å²) < 4.78 is 16.1. The summed E-state index contributed by atoms with van der Waals surface area (Å²) in [4.78, 5) is 11.9. The van der Waals surface area contributed by atoms with Crippen LogP contribution in [0.15, 0.2) is 12.1 Å². The molecule has 1 aliphatic rings. The zero-order valence-corrected chi connectivity index (χ0v) is 11.5. The Morgan fingerprint density at radius 1 is 1.22 bits per heavy atom. The molecule has 4 nitrogen and oxygen atoms in total. The van der Waals surface area contributed by atoms with Crippen molar-refractivity contribution in [3.63, 3.8) is 0 Å². The largest absolute Gasteiger partial charge is 0.400 e. The molecule has 2 rings (SSSR count). The lowest BCUT2D eigenvalue weighted by Crippen LogP contribution is -2.33. The van der Waals surface area contributed by atoms with E-state index in [1.165, 1.54) is 0 Å². The van der Waals surface area contributed by atoms with Gasteiger partial charge in [-0.3, -0.25) is 0 Å². The van der Waals surface area contributed by atoms with Crippen LogP contribution in [0.4, 0.5) is 0 Å². The van der Waals surface area contributed by atoms with Crippen LogP contribution >= 0.6 is 23.2 Å². The predicted molar refractivity (Wildman–Crippen MR) is 66.8 cm³/mol. The second kappa shape index (κ2) is 5.05. The van der Waals surface area contributed by atoms with Crippen LogP contribution in [-0.4, -0.2) is 19.2 Å². The zero-order valence-electron chi connectivity index (χ0n) is 9.96. The molecular weight excluding hydrogens is 279 g/mol. The number of rotatable bonds is 4. The lowest BCUT2D eigenvalue weighted by Gasteiger charge is -2.27. The fourth-order valence-electron chi connectivity index (χ4n) is 1.87. The van der Waals surface area contributed by atoms with E-state index in [2.05, 4.69) is 0 Å². The summed E-state index contributed by atoms with van der Waals surface area (Å²) in [5, 5.41) is 0.441. The second-order valence-electron chi connectivity index (χ2n) is 3.60. The molecule has 18 heavy (non-hydrogen) atoms. The number of carbonyl (C=O) groups is 1. The number of esters is 1. The van der Waals surface area contributed by atoms with Gasteiger partial charge in [-0.1, -0.05) is 23.2 Å². The first-order valence-electron chi connectivity index (χ1n) is 5.55. The van der Waals surface area contributed by atoms with Crippen LogP contribution in [0.3, 0.4) is 0 Å². The number of benzene rings is 1. The number of ether oxygens (including phenoxy) is 3. The van der Waals surface area contributed by atoms with Gasteiger partial charge in [0.15, 0.2) is 0 Å². The van der Waals surface area contributed by atoms with E-state index in [1.54, 1.807) is 26.0 Å². The van der Waals surface area contributed by atoms with Gasteiger partial charge in [0.05, 0.1) is 34.4 Å². The maximum absolute atomic E-state index is 11.9. The fraction of sp³-hybridized carbons (Fsp3) is 0.417. The number of carbonyl (C=O) groups excluding carboxylic acids is 1. The van der Waals surface area contributed by atoms with Crippen molar-refractivity contribution in [1.82, 2.24) is 0 Å². The van der Waals surface area contributed by atoms with Crippen molar-refractivity contribution in [3.8, 4) is 0 Å². The van der Waals surface area contributed by atoms with Crippen LogP contribution in [0.25, 0.3) is 0 Å². The van der Waals surface area contributed by atoms with Crippen molar-refractivity contribution in [1.29, 1.82) is 0 Å². The molecule has 1 aromatic carbocycles. The Morgan fingerprint density at radius 2 is 1.83 bits per heavy atom. The summed E-state index contributed by atoms with van der Waals surface area (Å²) in [5.41, 5.74) is 0.650. The Balaban J connectivity index is 2.58. The van der Waals surface area contributed by atoms with Gasteiger partial charge < -0.3 is 14.2 Å². The minimum absolute atomic E-state index is 0.153. The lowest BCUT2D eigenvalue weighted by molar-refractivity contribution is -0.358. The molecule has 0 saturated heterocycles. The van der Waals surface area contributed by atoms with E-state index in [4.69, 9.17) is 37.4 Å². The smallest absolute Gasteiger partial charge is 0.359 e. The van der Waals surface area contributed by atoms with E-state index >= 15 is 0 Å². The summed E-state index contributed by atoms with van der Waals surface area (Å²) in [5.74, 6) is -2.11. The summed E-state index contributed by atoms with van der Waals surface area (Å²) in [6, 6.07) is 3.21. The van der Waals surface area contributed by atoms with Gasteiger partial charge in [-0.15, -0.1) is 0 Å². The molecular formula is C12H12Cl2O4. The molecule has 0 amide bonds. The molecule has 98 valence electrons. The minimum Gasteiger partial charge on any atom is -0.400 e. The molecule has 0 bridgehead atoms. The molecule has 0 atom stereocenters. The monoisotopic (exact) mass is 290 g/mol. The number of halogens is 2. The number of hydrogen-bond donors (Lipinski definition) is 0. The Bertz CT molecular complexity index is 481. The van der Waals surface area contributed by atoms with E-state index in [0.717, 1.165) is 0 Å². The van der Waals surface area contributed by atoms with Crippen LogP contribution in [0, 0.1) is 0 Å². The molecule has 0 N–H and O–H groups in total. The first-order chi connectivity index (χ1) is 8.55. The Kier molecular flexibility index (Phi) is 3.82.